The van der Waals surface area contributed by atoms with Gasteiger partial charge in [-0.1, -0.05) is 20.8 Å². The normalized spacial score (nSPS) is 13.9. The van der Waals surface area contributed by atoms with E-state index in [0.29, 0.717) is 0 Å². The molecule has 11 heavy (non-hydrogen) atoms. The van der Waals surface area contributed by atoms with Gasteiger partial charge in [0.2, 0.25) is 0 Å². The first-order valence-corrected chi connectivity index (χ1v) is 4.66. The minimum absolute atomic E-state index is 0.750. The topological polar surface area (TPSA) is 29.3 Å². The van der Waals surface area contributed by atoms with Gasteiger partial charge in [0.25, 0.3) is 0 Å². The van der Waals surface area contributed by atoms with Crippen LogP contribution in [0.5, 0.6) is 0 Å². The molecule has 2 heteroatoms. The lowest BCUT2D eigenvalue weighted by atomic mass is 10.1. The van der Waals surface area contributed by atoms with Crippen LogP contribution in [-0.2, 0) is 0 Å². The Balaban J connectivity index is 3.44. The van der Waals surface area contributed by atoms with E-state index in [2.05, 4.69) is 25.7 Å². The monoisotopic (exact) mass is 158 g/mol. The van der Waals surface area contributed by atoms with Crippen LogP contribution in [0.2, 0.25) is 0 Å². The van der Waals surface area contributed by atoms with E-state index >= 15 is 0 Å². The van der Waals surface area contributed by atoms with Gasteiger partial charge in [0, 0.05) is 6.54 Å². The highest BCUT2D eigenvalue weighted by Gasteiger charge is 2.05. The summed E-state index contributed by atoms with van der Waals surface area (Å²) < 4.78 is 0. The van der Waals surface area contributed by atoms with Gasteiger partial charge in [-0.05, 0) is 32.0 Å². The molecule has 0 bridgehead atoms. The maximum absolute atomic E-state index is 5.47. The zero-order chi connectivity index (χ0) is 8.69. The van der Waals surface area contributed by atoms with Crippen LogP contribution in [0.15, 0.2) is 0 Å². The highest BCUT2D eigenvalue weighted by Crippen LogP contribution is 2.02. The van der Waals surface area contributed by atoms with Crippen LogP contribution in [0.1, 0.15) is 27.2 Å². The van der Waals surface area contributed by atoms with Gasteiger partial charge >= 0.3 is 0 Å². The summed E-state index contributed by atoms with van der Waals surface area (Å²) in [4.78, 5) is 2.44. The number of hydrogen-bond donors (Lipinski definition) is 1. The standard InChI is InChI=1S/C9H22N2/c1-4-11(5-2)8-9(3)6-7-10/h9H,4-8,10H2,1-3H3. The summed E-state index contributed by atoms with van der Waals surface area (Å²) in [7, 11) is 0. The zero-order valence-corrected chi connectivity index (χ0v) is 8.14. The third-order valence-corrected chi connectivity index (χ3v) is 2.12. The third kappa shape index (κ3) is 5.22. The molecule has 0 radical (unpaired) electrons. The maximum Gasteiger partial charge on any atom is 0.000726 e. The molecule has 0 heterocycles. The summed E-state index contributed by atoms with van der Waals surface area (Å²) >= 11 is 0. The molecule has 68 valence electrons. The molecule has 0 aliphatic heterocycles. The quantitative estimate of drug-likeness (QED) is 0.631. The van der Waals surface area contributed by atoms with Crippen LogP contribution < -0.4 is 5.73 Å². The predicted molar refractivity (Wildman–Crippen MR) is 50.6 cm³/mol. The SMILES string of the molecule is CCN(CC)CC(C)CCN. The molecule has 0 aliphatic carbocycles. The van der Waals surface area contributed by atoms with Crippen molar-refractivity contribution in [3.63, 3.8) is 0 Å². The summed E-state index contributed by atoms with van der Waals surface area (Å²) in [5.41, 5.74) is 5.47. The smallest absolute Gasteiger partial charge is 0.000726 e. The van der Waals surface area contributed by atoms with E-state index < -0.39 is 0 Å². The fraction of sp³-hybridized carbons (Fsp3) is 1.00. The molecule has 0 aromatic rings. The lowest BCUT2D eigenvalue weighted by Gasteiger charge is -2.22. The van der Waals surface area contributed by atoms with E-state index in [9.17, 15) is 0 Å². The van der Waals surface area contributed by atoms with Crippen molar-refractivity contribution in [2.45, 2.75) is 27.2 Å². The van der Waals surface area contributed by atoms with E-state index in [1.54, 1.807) is 0 Å². The van der Waals surface area contributed by atoms with Crippen LogP contribution in [0.3, 0.4) is 0 Å². The van der Waals surface area contributed by atoms with Crippen molar-refractivity contribution >= 4 is 0 Å². The predicted octanol–water partition coefficient (Wildman–Crippen LogP) is 1.31. The van der Waals surface area contributed by atoms with E-state index in [1.165, 1.54) is 6.54 Å². The number of nitrogens with two attached hydrogens (primary N) is 1. The Hall–Kier alpha value is -0.0800. The molecule has 0 aromatic heterocycles. The fourth-order valence-electron chi connectivity index (χ4n) is 1.30. The Morgan fingerprint density at radius 2 is 1.82 bits per heavy atom. The van der Waals surface area contributed by atoms with Gasteiger partial charge in [-0.25, -0.2) is 0 Å². The summed E-state index contributed by atoms with van der Waals surface area (Å²) in [6, 6.07) is 0. The van der Waals surface area contributed by atoms with Gasteiger partial charge in [-0.3, -0.25) is 0 Å². The molecule has 2 nitrogen and oxygen atoms in total. The van der Waals surface area contributed by atoms with E-state index in [-0.39, 0.29) is 0 Å². The first-order valence-electron chi connectivity index (χ1n) is 4.66. The zero-order valence-electron chi connectivity index (χ0n) is 8.14. The van der Waals surface area contributed by atoms with E-state index in [4.69, 9.17) is 5.73 Å². The highest BCUT2D eigenvalue weighted by molar-refractivity contribution is 4.60. The maximum atomic E-state index is 5.47. The number of hydrogen-bond acceptors (Lipinski definition) is 2. The van der Waals surface area contributed by atoms with Gasteiger partial charge in [0.15, 0.2) is 0 Å². The second kappa shape index (κ2) is 6.62. The summed E-state index contributed by atoms with van der Waals surface area (Å²) in [5, 5.41) is 0. The van der Waals surface area contributed by atoms with Gasteiger partial charge in [-0.15, -0.1) is 0 Å². The Labute approximate surface area is 70.8 Å². The third-order valence-electron chi connectivity index (χ3n) is 2.12. The van der Waals surface area contributed by atoms with Crippen LogP contribution >= 0.6 is 0 Å². The molecule has 0 aliphatic rings. The van der Waals surface area contributed by atoms with Crippen LogP contribution in [0, 0.1) is 5.92 Å². The van der Waals surface area contributed by atoms with Gasteiger partial charge in [-0.2, -0.15) is 0 Å². The van der Waals surface area contributed by atoms with Crippen molar-refractivity contribution in [1.29, 1.82) is 0 Å². The fourth-order valence-corrected chi connectivity index (χ4v) is 1.30. The largest absolute Gasteiger partial charge is 0.330 e. The number of rotatable bonds is 6. The second-order valence-electron chi connectivity index (χ2n) is 3.17. The molecule has 1 atom stereocenters. The summed E-state index contributed by atoms with van der Waals surface area (Å²) in [5.74, 6) is 0.750. The molecular formula is C9H22N2. The van der Waals surface area contributed by atoms with Gasteiger partial charge in [0.05, 0.1) is 0 Å². The minimum atomic E-state index is 0.750. The molecule has 0 fully saturated rings. The molecule has 0 rings (SSSR count). The first-order chi connectivity index (χ1) is 5.24. The molecule has 2 N–H and O–H groups in total. The highest BCUT2D eigenvalue weighted by atomic mass is 15.1. The molecular weight excluding hydrogens is 136 g/mol. The lowest BCUT2D eigenvalue weighted by Crippen LogP contribution is -2.29. The van der Waals surface area contributed by atoms with Crippen LogP contribution in [0.25, 0.3) is 0 Å². The van der Waals surface area contributed by atoms with Crippen LogP contribution in [0.4, 0.5) is 0 Å². The van der Waals surface area contributed by atoms with Crippen LogP contribution in [-0.4, -0.2) is 31.1 Å². The van der Waals surface area contributed by atoms with Crippen molar-refractivity contribution in [2.75, 3.05) is 26.2 Å². The molecule has 0 amide bonds. The summed E-state index contributed by atoms with van der Waals surface area (Å²) in [6.45, 7) is 11.0. The molecule has 0 spiro atoms. The Morgan fingerprint density at radius 3 is 2.18 bits per heavy atom. The second-order valence-corrected chi connectivity index (χ2v) is 3.17. The number of nitrogens with zero attached hydrogens (tertiary/aromatic N) is 1. The average molecular weight is 158 g/mol. The Bertz CT molecular complexity index is 79.6. The van der Waals surface area contributed by atoms with Crippen molar-refractivity contribution in [3.8, 4) is 0 Å². The Morgan fingerprint density at radius 1 is 1.27 bits per heavy atom. The van der Waals surface area contributed by atoms with Crippen molar-refractivity contribution < 1.29 is 0 Å². The average Bonchev–Trinajstić information content (AvgIpc) is 2.01. The molecule has 0 saturated heterocycles. The first kappa shape index (κ1) is 10.9. The van der Waals surface area contributed by atoms with Crippen molar-refractivity contribution in [3.05, 3.63) is 0 Å². The summed E-state index contributed by atoms with van der Waals surface area (Å²) in [6.07, 6.45) is 1.15. The van der Waals surface area contributed by atoms with Gasteiger partial charge < -0.3 is 10.6 Å². The Kier molecular flexibility index (Phi) is 6.57. The molecule has 0 saturated carbocycles. The van der Waals surface area contributed by atoms with Gasteiger partial charge in [0.1, 0.15) is 0 Å². The molecule has 1 unspecified atom stereocenters. The van der Waals surface area contributed by atoms with E-state index in [1.807, 2.05) is 0 Å². The van der Waals surface area contributed by atoms with Crippen molar-refractivity contribution in [1.82, 2.24) is 4.90 Å². The lowest BCUT2D eigenvalue weighted by molar-refractivity contribution is 0.256. The van der Waals surface area contributed by atoms with Crippen molar-refractivity contribution in [2.24, 2.45) is 11.7 Å². The molecule has 0 aromatic carbocycles. The van der Waals surface area contributed by atoms with E-state index in [0.717, 1.165) is 32.0 Å². The minimum Gasteiger partial charge on any atom is -0.330 e.